The van der Waals surface area contributed by atoms with E-state index in [0.29, 0.717) is 22.3 Å². The predicted octanol–water partition coefficient (Wildman–Crippen LogP) is 4.57. The lowest BCUT2D eigenvalue weighted by atomic mass is 10.1. The average Bonchev–Trinajstić information content (AvgIpc) is 2.74. The van der Waals surface area contributed by atoms with Crippen molar-refractivity contribution in [3.05, 3.63) is 66.7 Å². The van der Waals surface area contributed by atoms with Gasteiger partial charge in [-0.2, -0.15) is 9.78 Å². The molecule has 31 heavy (non-hydrogen) atoms. The highest BCUT2D eigenvalue weighted by Crippen LogP contribution is 2.36. The summed E-state index contributed by atoms with van der Waals surface area (Å²) in [5.41, 5.74) is -0.00299. The number of nitro groups is 1. The first kappa shape index (κ1) is 22.4. The van der Waals surface area contributed by atoms with Gasteiger partial charge in [-0.05, 0) is 37.6 Å². The summed E-state index contributed by atoms with van der Waals surface area (Å²) in [6.45, 7) is 5.83. The van der Waals surface area contributed by atoms with Gasteiger partial charge in [-0.25, -0.2) is 4.98 Å². The van der Waals surface area contributed by atoms with Crippen LogP contribution in [-0.4, -0.2) is 32.5 Å². The van der Waals surface area contributed by atoms with E-state index in [4.69, 9.17) is 4.74 Å². The summed E-state index contributed by atoms with van der Waals surface area (Å²) in [6.07, 6.45) is 2.05. The maximum atomic E-state index is 13.2. The van der Waals surface area contributed by atoms with E-state index in [-0.39, 0.29) is 23.8 Å². The second-order valence-electron chi connectivity index (χ2n) is 6.88. The Hall–Kier alpha value is -3.27. The molecular weight excluding hydrogens is 468 g/mol. The summed E-state index contributed by atoms with van der Waals surface area (Å²) >= 11 is 3.36. The van der Waals surface area contributed by atoms with Crippen molar-refractivity contribution in [1.29, 1.82) is 0 Å². The van der Waals surface area contributed by atoms with Crippen LogP contribution in [0.4, 0.5) is 5.69 Å². The van der Waals surface area contributed by atoms with Crippen molar-refractivity contribution >= 4 is 38.7 Å². The lowest BCUT2D eigenvalue weighted by Gasteiger charge is -2.14. The number of fused-ring (bicyclic) bond motifs is 1. The fourth-order valence-electron chi connectivity index (χ4n) is 3.00. The molecule has 1 aromatic heterocycles. The third kappa shape index (κ3) is 4.58. The monoisotopic (exact) mass is 488 g/mol. The van der Waals surface area contributed by atoms with Crippen LogP contribution in [0.1, 0.15) is 44.5 Å². The summed E-state index contributed by atoms with van der Waals surface area (Å²) in [5, 5.41) is 26.0. The highest BCUT2D eigenvalue weighted by molar-refractivity contribution is 9.10. The van der Waals surface area contributed by atoms with Crippen molar-refractivity contribution in [2.24, 2.45) is 5.10 Å². The first-order valence-electron chi connectivity index (χ1n) is 9.67. The number of benzene rings is 2. The SMILES string of the molecule is CCOc1cc(C=Nn2c([C@@H](C)CC)nc3ccc(Br)cc3c2=O)cc([N+](=O)[O-])c1O. The zero-order valence-corrected chi connectivity index (χ0v) is 18.8. The third-order valence-corrected chi connectivity index (χ3v) is 5.28. The van der Waals surface area contributed by atoms with Crippen molar-refractivity contribution in [1.82, 2.24) is 9.66 Å². The number of ether oxygens (including phenoxy) is 1. The lowest BCUT2D eigenvalue weighted by Crippen LogP contribution is -2.23. The van der Waals surface area contributed by atoms with Crippen LogP contribution in [0, 0.1) is 10.1 Å². The number of aromatic hydroxyl groups is 1. The van der Waals surface area contributed by atoms with Gasteiger partial charge in [-0.3, -0.25) is 14.9 Å². The molecule has 2 aromatic carbocycles. The number of nitrogens with zero attached hydrogens (tertiary/aromatic N) is 4. The number of phenols is 1. The summed E-state index contributed by atoms with van der Waals surface area (Å²) in [6, 6.07) is 7.84. The molecule has 1 heterocycles. The fourth-order valence-corrected chi connectivity index (χ4v) is 3.36. The Bertz CT molecular complexity index is 1240. The Morgan fingerprint density at radius 1 is 1.35 bits per heavy atom. The number of phenolic OH excluding ortho intramolecular Hbond substituents is 1. The van der Waals surface area contributed by atoms with Gasteiger partial charge in [-0.1, -0.05) is 29.8 Å². The molecule has 0 spiro atoms. The summed E-state index contributed by atoms with van der Waals surface area (Å²) < 4.78 is 7.24. The number of hydrogen-bond acceptors (Lipinski definition) is 7. The zero-order chi connectivity index (χ0) is 22.7. The maximum Gasteiger partial charge on any atom is 0.315 e. The van der Waals surface area contributed by atoms with Gasteiger partial charge < -0.3 is 9.84 Å². The van der Waals surface area contributed by atoms with Crippen molar-refractivity contribution in [2.75, 3.05) is 6.61 Å². The van der Waals surface area contributed by atoms with Crippen LogP contribution in [0.3, 0.4) is 0 Å². The van der Waals surface area contributed by atoms with E-state index in [1.165, 1.54) is 23.0 Å². The van der Waals surface area contributed by atoms with E-state index in [1.54, 1.807) is 19.1 Å². The summed E-state index contributed by atoms with van der Waals surface area (Å²) in [7, 11) is 0. The molecule has 0 saturated carbocycles. The molecule has 0 saturated heterocycles. The molecule has 3 rings (SSSR count). The number of rotatable bonds is 7. The fraction of sp³-hybridized carbons (Fsp3) is 0.286. The summed E-state index contributed by atoms with van der Waals surface area (Å²) in [5.74, 6) is -0.158. The van der Waals surface area contributed by atoms with Crippen LogP contribution in [0.25, 0.3) is 10.9 Å². The van der Waals surface area contributed by atoms with Gasteiger partial charge in [0.1, 0.15) is 5.82 Å². The van der Waals surface area contributed by atoms with Crippen molar-refractivity contribution in [2.45, 2.75) is 33.1 Å². The van der Waals surface area contributed by atoms with E-state index in [1.807, 2.05) is 19.9 Å². The Kier molecular flexibility index (Phi) is 6.69. The first-order chi connectivity index (χ1) is 14.8. The molecule has 9 nitrogen and oxygen atoms in total. The second-order valence-corrected chi connectivity index (χ2v) is 7.79. The van der Waals surface area contributed by atoms with Gasteiger partial charge in [0.25, 0.3) is 5.56 Å². The number of halogens is 1. The lowest BCUT2D eigenvalue weighted by molar-refractivity contribution is -0.386. The van der Waals surface area contributed by atoms with E-state index in [2.05, 4.69) is 26.0 Å². The van der Waals surface area contributed by atoms with Crippen LogP contribution in [0.5, 0.6) is 11.5 Å². The van der Waals surface area contributed by atoms with Gasteiger partial charge in [0, 0.05) is 22.0 Å². The van der Waals surface area contributed by atoms with Crippen LogP contribution >= 0.6 is 15.9 Å². The van der Waals surface area contributed by atoms with Gasteiger partial charge in [0.05, 0.1) is 28.6 Å². The summed E-state index contributed by atoms with van der Waals surface area (Å²) in [4.78, 5) is 28.4. The zero-order valence-electron chi connectivity index (χ0n) is 17.2. The van der Waals surface area contributed by atoms with Gasteiger partial charge in [0.15, 0.2) is 5.75 Å². The Morgan fingerprint density at radius 3 is 2.74 bits per heavy atom. The topological polar surface area (TPSA) is 120 Å². The van der Waals surface area contributed by atoms with Crippen molar-refractivity contribution in [3.8, 4) is 11.5 Å². The minimum atomic E-state index is -0.707. The molecule has 0 aliphatic rings. The molecule has 0 unspecified atom stereocenters. The largest absolute Gasteiger partial charge is 0.500 e. The maximum absolute atomic E-state index is 13.2. The molecule has 0 fully saturated rings. The molecule has 0 aliphatic carbocycles. The normalized spacial score (nSPS) is 12.4. The third-order valence-electron chi connectivity index (χ3n) is 4.78. The molecule has 1 N–H and O–H groups in total. The highest BCUT2D eigenvalue weighted by Gasteiger charge is 2.20. The molecule has 0 amide bonds. The van der Waals surface area contributed by atoms with Crippen LogP contribution in [0.2, 0.25) is 0 Å². The minimum Gasteiger partial charge on any atom is -0.500 e. The molecular formula is C21H21BrN4O5. The van der Waals surface area contributed by atoms with Crippen molar-refractivity contribution < 1.29 is 14.8 Å². The van der Waals surface area contributed by atoms with Crippen molar-refractivity contribution in [3.63, 3.8) is 0 Å². The molecule has 3 aromatic rings. The molecule has 0 bridgehead atoms. The highest BCUT2D eigenvalue weighted by atomic mass is 79.9. The van der Waals surface area contributed by atoms with E-state index in [9.17, 15) is 20.0 Å². The average molecular weight is 489 g/mol. The van der Waals surface area contributed by atoms with Gasteiger partial charge in [0.2, 0.25) is 5.75 Å². The number of hydrogen-bond donors (Lipinski definition) is 1. The minimum absolute atomic E-state index is 0.0341. The van der Waals surface area contributed by atoms with E-state index in [0.717, 1.165) is 10.9 Å². The molecule has 0 radical (unpaired) electrons. The van der Waals surface area contributed by atoms with E-state index >= 15 is 0 Å². The van der Waals surface area contributed by atoms with Gasteiger partial charge >= 0.3 is 5.69 Å². The van der Waals surface area contributed by atoms with E-state index < -0.39 is 16.4 Å². The number of aromatic nitrogens is 2. The Labute approximate surface area is 186 Å². The van der Waals surface area contributed by atoms with Crippen LogP contribution in [-0.2, 0) is 0 Å². The standard InChI is InChI=1S/C21H21BrN4O5/c1-4-12(3)20-24-16-7-6-14(22)10-15(16)21(28)25(20)23-11-13-8-17(26(29)30)19(27)18(9-13)31-5-2/h6-12,27H,4-5H2,1-3H3/t12-/m0/s1. The first-order valence-corrected chi connectivity index (χ1v) is 10.5. The smallest absolute Gasteiger partial charge is 0.315 e. The van der Waals surface area contributed by atoms with Gasteiger partial charge in [-0.15, -0.1) is 0 Å². The van der Waals surface area contributed by atoms with Crippen LogP contribution in [0.15, 0.2) is 44.7 Å². The number of nitro benzene ring substituents is 1. The second kappa shape index (κ2) is 9.25. The Morgan fingerprint density at radius 2 is 2.10 bits per heavy atom. The predicted molar refractivity (Wildman–Crippen MR) is 121 cm³/mol. The quantitative estimate of drug-likeness (QED) is 0.295. The molecule has 0 aliphatic heterocycles. The molecule has 162 valence electrons. The molecule has 10 heteroatoms. The molecule has 1 atom stereocenters. The van der Waals surface area contributed by atoms with Crippen LogP contribution < -0.4 is 10.3 Å². The Balaban J connectivity index is 2.19.